The second-order valence-electron chi connectivity index (χ2n) is 5.65. The normalized spacial score (nSPS) is 18.4. The van der Waals surface area contributed by atoms with Crippen LogP contribution < -0.4 is 15.4 Å². The summed E-state index contributed by atoms with van der Waals surface area (Å²) in [6.07, 6.45) is -1.11. The molecule has 0 aromatic heterocycles. The van der Waals surface area contributed by atoms with E-state index in [0.717, 1.165) is 11.1 Å². The monoisotopic (exact) mass is 365 g/mol. The summed E-state index contributed by atoms with van der Waals surface area (Å²) in [6, 6.07) is 10.0. The van der Waals surface area contributed by atoms with Gasteiger partial charge < -0.3 is 10.6 Å². The van der Waals surface area contributed by atoms with E-state index >= 15 is 0 Å². The average molecular weight is 366 g/mol. The largest absolute Gasteiger partial charge is 0.360 e. The van der Waals surface area contributed by atoms with Crippen LogP contribution in [-0.2, 0) is 14.8 Å². The smallest absolute Gasteiger partial charge is 0.262 e. The number of hydrogen-bond donors (Lipinski definition) is 3. The molecule has 0 radical (unpaired) electrons. The first-order chi connectivity index (χ1) is 11.3. The molecule has 0 fully saturated rings. The number of anilines is 2. The van der Waals surface area contributed by atoms with Crippen LogP contribution in [0.3, 0.4) is 0 Å². The van der Waals surface area contributed by atoms with E-state index in [1.54, 1.807) is 30.3 Å². The van der Waals surface area contributed by atoms with Crippen molar-refractivity contribution in [3.05, 3.63) is 52.5 Å². The molecule has 0 saturated carbocycles. The first kappa shape index (κ1) is 16.8. The van der Waals surface area contributed by atoms with Crippen molar-refractivity contribution in [1.29, 1.82) is 0 Å². The summed E-state index contributed by atoms with van der Waals surface area (Å²) in [7, 11) is -3.76. The predicted molar refractivity (Wildman–Crippen MR) is 93.7 cm³/mol. The Morgan fingerprint density at radius 3 is 2.67 bits per heavy atom. The Kier molecular flexibility index (Phi) is 4.25. The minimum Gasteiger partial charge on any atom is -0.360 e. The van der Waals surface area contributed by atoms with E-state index in [1.165, 1.54) is 6.07 Å². The Hall–Kier alpha value is -2.09. The number of benzene rings is 2. The Morgan fingerprint density at radius 2 is 1.92 bits per heavy atom. The number of amides is 1. The van der Waals surface area contributed by atoms with Crippen LogP contribution in [0.2, 0.25) is 5.02 Å². The number of halogens is 1. The predicted octanol–water partition coefficient (Wildman–Crippen LogP) is 2.63. The molecule has 2 aromatic rings. The minimum atomic E-state index is -3.76. The summed E-state index contributed by atoms with van der Waals surface area (Å²) in [5.74, 6) is -0.518. The first-order valence-corrected chi connectivity index (χ1v) is 9.09. The molecule has 1 amide bonds. The molecule has 8 heteroatoms. The third-order valence-corrected chi connectivity index (χ3v) is 5.43. The molecule has 3 rings (SSSR count). The number of sulfonamides is 1. The average Bonchev–Trinajstić information content (AvgIpc) is 2.49. The fraction of sp³-hybridized carbons (Fsp3) is 0.188. The molecule has 0 unspecified atom stereocenters. The van der Waals surface area contributed by atoms with Crippen molar-refractivity contribution < 1.29 is 13.2 Å². The van der Waals surface area contributed by atoms with Crippen molar-refractivity contribution in [3.63, 3.8) is 0 Å². The highest BCUT2D eigenvalue weighted by molar-refractivity contribution is 7.89. The SMILES string of the molecule is Cc1ccc2c(c1)N[C@@H](C(=O)Nc1cc(Cl)ccc1C)NS2(=O)=O. The van der Waals surface area contributed by atoms with Crippen LogP contribution in [0.5, 0.6) is 0 Å². The lowest BCUT2D eigenvalue weighted by molar-refractivity contribution is -0.117. The Morgan fingerprint density at radius 1 is 1.17 bits per heavy atom. The quantitative estimate of drug-likeness (QED) is 0.763. The van der Waals surface area contributed by atoms with Crippen LogP contribution >= 0.6 is 11.6 Å². The molecule has 1 heterocycles. The van der Waals surface area contributed by atoms with Crippen LogP contribution in [-0.4, -0.2) is 20.5 Å². The summed E-state index contributed by atoms with van der Waals surface area (Å²) in [5.41, 5.74) is 2.64. The molecule has 0 aliphatic carbocycles. The molecule has 2 aromatic carbocycles. The molecule has 0 spiro atoms. The Bertz CT molecular complexity index is 928. The summed E-state index contributed by atoms with van der Waals surface area (Å²) in [4.78, 5) is 12.6. The van der Waals surface area contributed by atoms with E-state index in [2.05, 4.69) is 15.4 Å². The summed E-state index contributed by atoms with van der Waals surface area (Å²) in [6.45, 7) is 3.67. The second-order valence-corrected chi connectivity index (χ2v) is 7.77. The standard InChI is InChI=1S/C16H16ClN3O3S/c1-9-3-6-14-13(7-9)18-15(20-24(14,22)23)16(21)19-12-8-11(17)5-4-10(12)2/h3-8,15,18,20H,1-2H3,(H,19,21)/t15-/m1/s1. The summed E-state index contributed by atoms with van der Waals surface area (Å²) >= 11 is 5.94. The third-order valence-electron chi connectivity index (χ3n) is 3.72. The zero-order valence-electron chi connectivity index (χ0n) is 13.1. The number of nitrogens with one attached hydrogen (secondary N) is 3. The highest BCUT2D eigenvalue weighted by Crippen LogP contribution is 2.27. The van der Waals surface area contributed by atoms with Gasteiger partial charge in [-0.3, -0.25) is 4.79 Å². The van der Waals surface area contributed by atoms with Gasteiger partial charge in [0.25, 0.3) is 5.91 Å². The van der Waals surface area contributed by atoms with Gasteiger partial charge in [-0.05, 0) is 49.2 Å². The fourth-order valence-corrected chi connectivity index (χ4v) is 3.88. The van der Waals surface area contributed by atoms with Gasteiger partial charge >= 0.3 is 0 Å². The van der Waals surface area contributed by atoms with Gasteiger partial charge in [0.1, 0.15) is 4.90 Å². The molecule has 1 atom stereocenters. The van der Waals surface area contributed by atoms with Crippen molar-refractivity contribution in [2.24, 2.45) is 0 Å². The molecule has 3 N–H and O–H groups in total. The van der Waals surface area contributed by atoms with Crippen molar-refractivity contribution >= 4 is 38.9 Å². The minimum absolute atomic E-state index is 0.121. The lowest BCUT2D eigenvalue weighted by Crippen LogP contribution is -2.51. The van der Waals surface area contributed by atoms with Crippen molar-refractivity contribution in [3.8, 4) is 0 Å². The number of fused-ring (bicyclic) bond motifs is 1. The van der Waals surface area contributed by atoms with E-state index in [9.17, 15) is 13.2 Å². The molecule has 24 heavy (non-hydrogen) atoms. The highest BCUT2D eigenvalue weighted by Gasteiger charge is 2.33. The van der Waals surface area contributed by atoms with Gasteiger partial charge in [-0.2, -0.15) is 4.72 Å². The molecular weight excluding hydrogens is 350 g/mol. The van der Waals surface area contributed by atoms with Crippen LogP contribution in [0.15, 0.2) is 41.3 Å². The number of carbonyl (C=O) groups is 1. The van der Waals surface area contributed by atoms with Crippen LogP contribution in [0.1, 0.15) is 11.1 Å². The summed E-state index contributed by atoms with van der Waals surface area (Å²) < 4.78 is 27.0. The van der Waals surface area contributed by atoms with Gasteiger partial charge in [-0.15, -0.1) is 0 Å². The highest BCUT2D eigenvalue weighted by atomic mass is 35.5. The van der Waals surface area contributed by atoms with Gasteiger partial charge in [-0.1, -0.05) is 23.7 Å². The fourth-order valence-electron chi connectivity index (χ4n) is 2.45. The molecule has 1 aliphatic heterocycles. The van der Waals surface area contributed by atoms with E-state index in [-0.39, 0.29) is 4.90 Å². The maximum atomic E-state index is 12.5. The van der Waals surface area contributed by atoms with Gasteiger partial charge in [-0.25, -0.2) is 8.42 Å². The molecule has 6 nitrogen and oxygen atoms in total. The van der Waals surface area contributed by atoms with Crippen molar-refractivity contribution in [2.45, 2.75) is 24.9 Å². The number of carbonyl (C=O) groups excluding carboxylic acids is 1. The Balaban J connectivity index is 1.88. The molecule has 0 saturated heterocycles. The number of aryl methyl sites for hydroxylation is 2. The maximum absolute atomic E-state index is 12.5. The summed E-state index contributed by atoms with van der Waals surface area (Å²) in [5, 5.41) is 6.08. The second kappa shape index (κ2) is 6.08. The molecule has 0 bridgehead atoms. The lowest BCUT2D eigenvalue weighted by Gasteiger charge is -2.27. The van der Waals surface area contributed by atoms with E-state index in [0.29, 0.717) is 16.4 Å². The number of hydrogen-bond acceptors (Lipinski definition) is 4. The Labute approximate surface area is 145 Å². The lowest BCUT2D eigenvalue weighted by atomic mass is 10.2. The van der Waals surface area contributed by atoms with E-state index in [1.807, 2.05) is 13.8 Å². The van der Waals surface area contributed by atoms with Crippen LogP contribution in [0.4, 0.5) is 11.4 Å². The first-order valence-electron chi connectivity index (χ1n) is 7.23. The van der Waals surface area contributed by atoms with Crippen molar-refractivity contribution in [1.82, 2.24) is 4.72 Å². The topological polar surface area (TPSA) is 87.3 Å². The van der Waals surface area contributed by atoms with Gasteiger partial charge in [0.15, 0.2) is 6.17 Å². The third kappa shape index (κ3) is 3.24. The zero-order valence-corrected chi connectivity index (χ0v) is 14.6. The molecule has 1 aliphatic rings. The van der Waals surface area contributed by atoms with E-state index in [4.69, 9.17) is 11.6 Å². The van der Waals surface area contributed by atoms with Crippen LogP contribution in [0, 0.1) is 13.8 Å². The van der Waals surface area contributed by atoms with Crippen molar-refractivity contribution in [2.75, 3.05) is 10.6 Å². The van der Waals surface area contributed by atoms with Gasteiger partial charge in [0.05, 0.1) is 5.69 Å². The zero-order chi connectivity index (χ0) is 17.5. The number of rotatable bonds is 2. The van der Waals surface area contributed by atoms with Gasteiger partial charge in [0.2, 0.25) is 10.0 Å². The maximum Gasteiger partial charge on any atom is 0.262 e. The van der Waals surface area contributed by atoms with Crippen LogP contribution in [0.25, 0.3) is 0 Å². The van der Waals surface area contributed by atoms with Gasteiger partial charge in [0, 0.05) is 10.7 Å². The molecule has 126 valence electrons. The van der Waals surface area contributed by atoms with E-state index < -0.39 is 22.1 Å². The molecular formula is C16H16ClN3O3S.